The zero-order valence-electron chi connectivity index (χ0n) is 9.44. The number of halogens is 1. The maximum atomic E-state index is 12.1. The van der Waals surface area contributed by atoms with Gasteiger partial charge in [0.1, 0.15) is 4.90 Å². The van der Waals surface area contributed by atoms with Crippen molar-refractivity contribution in [3.8, 4) is 0 Å². The van der Waals surface area contributed by atoms with Gasteiger partial charge in [-0.3, -0.25) is 0 Å². The molecule has 90 valence electrons. The molecule has 0 aromatic heterocycles. The van der Waals surface area contributed by atoms with Gasteiger partial charge in [-0.25, -0.2) is 8.42 Å². The minimum atomic E-state index is -3.57. The monoisotopic (exact) mass is 262 g/mol. The van der Waals surface area contributed by atoms with Crippen molar-refractivity contribution in [3.05, 3.63) is 23.2 Å². The van der Waals surface area contributed by atoms with Crippen molar-refractivity contribution >= 4 is 27.3 Å². The summed E-state index contributed by atoms with van der Waals surface area (Å²) in [7, 11) is -2.06. The molecule has 0 heterocycles. The molecule has 0 saturated carbocycles. The Hall–Kier alpha value is -0.780. The number of rotatable bonds is 3. The van der Waals surface area contributed by atoms with Gasteiger partial charge in [0.2, 0.25) is 10.0 Å². The van der Waals surface area contributed by atoms with Crippen LogP contribution in [0.2, 0.25) is 5.02 Å². The first-order valence-electron chi connectivity index (χ1n) is 4.80. The van der Waals surface area contributed by atoms with Crippen LogP contribution in [0.25, 0.3) is 0 Å². The largest absolute Gasteiger partial charge is 0.399 e. The van der Waals surface area contributed by atoms with Gasteiger partial charge in [0.05, 0.1) is 5.02 Å². The Morgan fingerprint density at radius 3 is 2.44 bits per heavy atom. The molecule has 0 fully saturated rings. The second-order valence-corrected chi connectivity index (χ2v) is 6.18. The number of sulfonamides is 1. The quantitative estimate of drug-likeness (QED) is 0.847. The molecule has 0 atom stereocenters. The predicted molar refractivity (Wildman–Crippen MR) is 65.9 cm³/mol. The van der Waals surface area contributed by atoms with Crippen molar-refractivity contribution in [2.45, 2.75) is 24.8 Å². The van der Waals surface area contributed by atoms with Crippen molar-refractivity contribution < 1.29 is 8.42 Å². The number of hydrogen-bond acceptors (Lipinski definition) is 3. The Labute approximate surface area is 101 Å². The fraction of sp³-hybridized carbons (Fsp3) is 0.400. The predicted octanol–water partition coefficient (Wildman–Crippen LogP) is 1.95. The summed E-state index contributed by atoms with van der Waals surface area (Å²) in [4.78, 5) is 0.0466. The molecule has 0 amide bonds. The molecule has 0 saturated heterocycles. The molecule has 0 unspecified atom stereocenters. The summed E-state index contributed by atoms with van der Waals surface area (Å²) in [6.45, 7) is 3.58. The Bertz CT molecular complexity index is 486. The second-order valence-electron chi connectivity index (χ2n) is 3.80. The van der Waals surface area contributed by atoms with Gasteiger partial charge in [0.15, 0.2) is 0 Å². The number of benzene rings is 1. The first kappa shape index (κ1) is 13.3. The molecular formula is C10H15ClN2O2S. The van der Waals surface area contributed by atoms with Crippen molar-refractivity contribution in [2.24, 2.45) is 0 Å². The van der Waals surface area contributed by atoms with E-state index >= 15 is 0 Å². The Balaban J connectivity index is 3.32. The Kier molecular flexibility index (Phi) is 3.83. The van der Waals surface area contributed by atoms with E-state index < -0.39 is 10.0 Å². The average Bonchev–Trinajstić information content (AvgIpc) is 2.20. The van der Waals surface area contributed by atoms with E-state index in [4.69, 9.17) is 17.3 Å². The molecule has 6 heteroatoms. The van der Waals surface area contributed by atoms with Gasteiger partial charge >= 0.3 is 0 Å². The molecule has 2 N–H and O–H groups in total. The maximum absolute atomic E-state index is 12.1. The van der Waals surface area contributed by atoms with Gasteiger partial charge < -0.3 is 5.73 Å². The lowest BCUT2D eigenvalue weighted by molar-refractivity contribution is 0.410. The van der Waals surface area contributed by atoms with E-state index in [1.165, 1.54) is 23.5 Å². The smallest absolute Gasteiger partial charge is 0.244 e. The number of anilines is 1. The molecule has 0 aliphatic carbocycles. The summed E-state index contributed by atoms with van der Waals surface area (Å²) < 4.78 is 25.5. The third-order valence-corrected chi connectivity index (χ3v) is 4.85. The van der Waals surface area contributed by atoms with Gasteiger partial charge in [0.25, 0.3) is 0 Å². The van der Waals surface area contributed by atoms with E-state index in [0.717, 1.165) is 0 Å². The zero-order chi connectivity index (χ0) is 12.5. The lowest BCUT2D eigenvalue weighted by Gasteiger charge is -2.21. The molecule has 16 heavy (non-hydrogen) atoms. The topological polar surface area (TPSA) is 63.4 Å². The van der Waals surface area contributed by atoms with Gasteiger partial charge in [0, 0.05) is 18.8 Å². The van der Waals surface area contributed by atoms with Crippen molar-refractivity contribution in [1.82, 2.24) is 4.31 Å². The highest BCUT2D eigenvalue weighted by molar-refractivity contribution is 7.89. The van der Waals surface area contributed by atoms with Crippen LogP contribution in [-0.4, -0.2) is 25.8 Å². The van der Waals surface area contributed by atoms with Gasteiger partial charge in [-0.1, -0.05) is 11.6 Å². The van der Waals surface area contributed by atoms with Crippen LogP contribution in [-0.2, 0) is 10.0 Å². The summed E-state index contributed by atoms with van der Waals surface area (Å²) in [6.07, 6.45) is 0. The summed E-state index contributed by atoms with van der Waals surface area (Å²) in [5.41, 5.74) is 5.93. The minimum Gasteiger partial charge on any atom is -0.399 e. The lowest BCUT2D eigenvalue weighted by atomic mass is 10.3. The van der Waals surface area contributed by atoms with Crippen LogP contribution in [0.4, 0.5) is 5.69 Å². The Morgan fingerprint density at radius 2 is 1.94 bits per heavy atom. The molecule has 0 aliphatic rings. The Morgan fingerprint density at radius 1 is 1.38 bits per heavy atom. The average molecular weight is 263 g/mol. The molecule has 4 nitrogen and oxygen atoms in total. The molecule has 1 aromatic rings. The first-order valence-corrected chi connectivity index (χ1v) is 6.61. The fourth-order valence-corrected chi connectivity index (χ4v) is 3.03. The van der Waals surface area contributed by atoms with Crippen LogP contribution >= 0.6 is 11.6 Å². The zero-order valence-corrected chi connectivity index (χ0v) is 11.0. The van der Waals surface area contributed by atoms with Gasteiger partial charge in [-0.05, 0) is 32.0 Å². The van der Waals surface area contributed by atoms with Crippen LogP contribution in [0.3, 0.4) is 0 Å². The second kappa shape index (κ2) is 4.61. The van der Waals surface area contributed by atoms with Crippen molar-refractivity contribution in [2.75, 3.05) is 12.8 Å². The standard InChI is InChI=1S/C10H15ClN2O2S/c1-7(2)13(3)16(14,15)10-6-8(12)4-5-9(10)11/h4-7H,12H2,1-3H3. The number of nitrogens with two attached hydrogens (primary N) is 1. The third kappa shape index (κ3) is 2.48. The van der Waals surface area contributed by atoms with Crippen LogP contribution in [0, 0.1) is 0 Å². The number of nitrogen functional groups attached to an aromatic ring is 1. The molecule has 0 aliphatic heterocycles. The van der Waals surface area contributed by atoms with E-state index in [1.54, 1.807) is 19.9 Å². The summed E-state index contributed by atoms with van der Waals surface area (Å²) >= 11 is 5.87. The minimum absolute atomic E-state index is 0.0466. The molecular weight excluding hydrogens is 248 g/mol. The van der Waals surface area contributed by atoms with E-state index in [9.17, 15) is 8.42 Å². The van der Waals surface area contributed by atoms with Crippen LogP contribution in [0.1, 0.15) is 13.8 Å². The fourth-order valence-electron chi connectivity index (χ4n) is 1.15. The van der Waals surface area contributed by atoms with E-state index in [0.29, 0.717) is 5.69 Å². The van der Waals surface area contributed by atoms with Crippen LogP contribution in [0.15, 0.2) is 23.1 Å². The normalized spacial score (nSPS) is 12.4. The van der Waals surface area contributed by atoms with Crippen molar-refractivity contribution in [3.63, 3.8) is 0 Å². The van der Waals surface area contributed by atoms with E-state index in [1.807, 2.05) is 0 Å². The van der Waals surface area contributed by atoms with E-state index in [-0.39, 0.29) is 16.0 Å². The highest BCUT2D eigenvalue weighted by Crippen LogP contribution is 2.26. The third-order valence-electron chi connectivity index (χ3n) is 2.34. The lowest BCUT2D eigenvalue weighted by Crippen LogP contribution is -2.33. The SMILES string of the molecule is CC(C)N(C)S(=O)(=O)c1cc(N)ccc1Cl. The molecule has 1 aromatic carbocycles. The number of hydrogen-bond donors (Lipinski definition) is 1. The maximum Gasteiger partial charge on any atom is 0.244 e. The van der Waals surface area contributed by atoms with Crippen molar-refractivity contribution in [1.29, 1.82) is 0 Å². The summed E-state index contributed by atoms with van der Waals surface area (Å²) in [5, 5.41) is 0.182. The van der Waals surface area contributed by atoms with Crippen LogP contribution in [0.5, 0.6) is 0 Å². The molecule has 0 radical (unpaired) electrons. The van der Waals surface area contributed by atoms with Crippen LogP contribution < -0.4 is 5.73 Å². The highest BCUT2D eigenvalue weighted by Gasteiger charge is 2.25. The molecule has 0 spiro atoms. The van der Waals surface area contributed by atoms with Gasteiger partial charge in [-0.15, -0.1) is 0 Å². The van der Waals surface area contributed by atoms with E-state index in [2.05, 4.69) is 0 Å². The summed E-state index contributed by atoms with van der Waals surface area (Å²) in [5.74, 6) is 0. The molecule has 1 rings (SSSR count). The highest BCUT2D eigenvalue weighted by atomic mass is 35.5. The van der Waals surface area contributed by atoms with Gasteiger partial charge in [-0.2, -0.15) is 4.31 Å². The number of nitrogens with zero attached hydrogens (tertiary/aromatic N) is 1. The first-order chi connectivity index (χ1) is 7.26. The summed E-state index contributed by atoms with van der Waals surface area (Å²) in [6, 6.07) is 4.29. The molecule has 0 bridgehead atoms.